The van der Waals surface area contributed by atoms with Crippen molar-refractivity contribution < 1.29 is 45.7 Å². The van der Waals surface area contributed by atoms with E-state index in [1.54, 1.807) is 13.0 Å². The third kappa shape index (κ3) is 7.31. The summed E-state index contributed by atoms with van der Waals surface area (Å²) in [7, 11) is 1.45. The zero-order chi connectivity index (χ0) is 32.2. The number of halogens is 6. The van der Waals surface area contributed by atoms with Crippen molar-refractivity contribution in [3.05, 3.63) is 76.1 Å². The molecule has 15 heteroatoms. The molecule has 0 radical (unpaired) electrons. The van der Waals surface area contributed by atoms with E-state index in [-0.39, 0.29) is 65.8 Å². The van der Waals surface area contributed by atoms with Crippen LogP contribution in [-0.4, -0.2) is 47.5 Å². The second-order valence-electron chi connectivity index (χ2n) is 9.97. The summed E-state index contributed by atoms with van der Waals surface area (Å²) in [6, 6.07) is 5.99. The first-order chi connectivity index (χ1) is 20.7. The van der Waals surface area contributed by atoms with E-state index in [0.717, 1.165) is 35.2 Å². The van der Waals surface area contributed by atoms with Gasteiger partial charge in [0, 0.05) is 19.6 Å². The Kier molecular flexibility index (Phi) is 9.53. The fourth-order valence-electron chi connectivity index (χ4n) is 5.00. The van der Waals surface area contributed by atoms with Crippen LogP contribution in [0, 0.1) is 11.3 Å². The maximum absolute atomic E-state index is 13.6. The van der Waals surface area contributed by atoms with Gasteiger partial charge in [0.25, 0.3) is 0 Å². The average Bonchev–Trinajstić information content (AvgIpc) is 2.96. The summed E-state index contributed by atoms with van der Waals surface area (Å²) in [5.41, 5.74) is -1.81. The van der Waals surface area contributed by atoms with Gasteiger partial charge in [-0.3, -0.25) is 4.90 Å². The molecule has 2 aromatic carbocycles. The van der Waals surface area contributed by atoms with Gasteiger partial charge >= 0.3 is 18.4 Å². The van der Waals surface area contributed by atoms with Crippen molar-refractivity contribution in [1.82, 2.24) is 9.97 Å². The lowest BCUT2D eigenvalue weighted by Crippen LogP contribution is -2.45. The van der Waals surface area contributed by atoms with Gasteiger partial charge in [-0.25, -0.2) is 14.8 Å². The number of benzene rings is 2. The van der Waals surface area contributed by atoms with Crippen LogP contribution in [0.3, 0.4) is 0 Å². The van der Waals surface area contributed by atoms with E-state index < -0.39 is 41.7 Å². The molecule has 3 aromatic rings. The Hall–Kier alpha value is -4.58. The third-order valence-corrected chi connectivity index (χ3v) is 7.04. The molecule has 1 aromatic heterocycles. The van der Waals surface area contributed by atoms with E-state index in [2.05, 4.69) is 15.3 Å². The van der Waals surface area contributed by atoms with Crippen LogP contribution in [0.4, 0.5) is 42.8 Å². The van der Waals surface area contributed by atoms with E-state index >= 15 is 0 Å². The first-order valence-corrected chi connectivity index (χ1v) is 13.3. The summed E-state index contributed by atoms with van der Waals surface area (Å²) >= 11 is 0. The molecule has 0 spiro atoms. The van der Waals surface area contributed by atoms with Crippen LogP contribution in [0.1, 0.15) is 59.3 Å². The standard InChI is InChI=1S/C29H27F6N5O4/c1-3-20-13-22(21-12-18(28(30,31)32)4-5-24(21)40(20)27(41)42)38-26-37-15-25(44-7-6-43-2)23(39-26)11-16-8-17(14-36)10-19(9-16)29(33,34)35/h4-5,8-10,12,15,20,22H,3,6-7,11,13H2,1-2H3,(H,41,42)(H,37,38,39)/t20-,22+/m1/s1. The number of carboxylic acid groups (broad SMARTS) is 1. The smallest absolute Gasteiger partial charge is 0.416 e. The number of hydrogen-bond donors (Lipinski definition) is 2. The lowest BCUT2D eigenvalue weighted by atomic mass is 9.89. The van der Waals surface area contributed by atoms with Gasteiger partial charge < -0.3 is 19.9 Å². The molecular formula is C29H27F6N5O4. The van der Waals surface area contributed by atoms with E-state index in [4.69, 9.17) is 9.47 Å². The molecule has 44 heavy (non-hydrogen) atoms. The third-order valence-electron chi connectivity index (χ3n) is 7.04. The summed E-state index contributed by atoms with van der Waals surface area (Å²) in [6.45, 7) is 1.99. The predicted octanol–water partition coefficient (Wildman–Crippen LogP) is 6.82. The van der Waals surface area contributed by atoms with Gasteiger partial charge in [0.15, 0.2) is 5.75 Å². The minimum Gasteiger partial charge on any atom is -0.488 e. The van der Waals surface area contributed by atoms with Gasteiger partial charge in [-0.15, -0.1) is 0 Å². The molecule has 2 atom stereocenters. The van der Waals surface area contributed by atoms with Gasteiger partial charge in [0.05, 0.1) is 53.0 Å². The second kappa shape index (κ2) is 13.0. The number of nitrogens with zero attached hydrogens (tertiary/aromatic N) is 4. The van der Waals surface area contributed by atoms with Gasteiger partial charge in [-0.05, 0) is 60.4 Å². The number of methoxy groups -OCH3 is 1. The first kappa shape index (κ1) is 32.3. The lowest BCUT2D eigenvalue weighted by molar-refractivity contribution is -0.138. The zero-order valence-electron chi connectivity index (χ0n) is 23.5. The van der Waals surface area contributed by atoms with Crippen molar-refractivity contribution in [2.75, 3.05) is 30.5 Å². The van der Waals surface area contributed by atoms with Gasteiger partial charge in [-0.1, -0.05) is 6.92 Å². The number of ether oxygens (including phenoxy) is 2. The molecule has 0 fully saturated rings. The Morgan fingerprint density at radius 1 is 1.11 bits per heavy atom. The summed E-state index contributed by atoms with van der Waals surface area (Å²) in [5, 5.41) is 22.1. The molecular weight excluding hydrogens is 596 g/mol. The number of rotatable bonds is 9. The number of anilines is 2. The number of hydrogen-bond acceptors (Lipinski definition) is 7. The van der Waals surface area contributed by atoms with E-state index in [9.17, 15) is 41.5 Å². The maximum Gasteiger partial charge on any atom is 0.416 e. The zero-order valence-corrected chi connectivity index (χ0v) is 23.5. The van der Waals surface area contributed by atoms with Gasteiger partial charge in [-0.2, -0.15) is 31.6 Å². The Labute approximate surface area is 248 Å². The molecule has 0 saturated heterocycles. The molecule has 2 heterocycles. The number of nitrogens with one attached hydrogen (secondary N) is 1. The fraction of sp³-hybridized carbons (Fsp3) is 0.379. The number of aromatic nitrogens is 2. The van der Waals surface area contributed by atoms with Gasteiger partial charge in [0.1, 0.15) is 6.61 Å². The number of alkyl halides is 6. The van der Waals surface area contributed by atoms with Crippen LogP contribution in [0.15, 0.2) is 42.6 Å². The lowest BCUT2D eigenvalue weighted by Gasteiger charge is -2.39. The maximum atomic E-state index is 13.6. The largest absolute Gasteiger partial charge is 0.488 e. The highest BCUT2D eigenvalue weighted by atomic mass is 19.4. The minimum absolute atomic E-state index is 0.0606. The molecule has 0 saturated carbocycles. The minimum atomic E-state index is -4.71. The molecule has 0 aliphatic carbocycles. The molecule has 1 aliphatic rings. The molecule has 9 nitrogen and oxygen atoms in total. The van der Waals surface area contributed by atoms with Crippen LogP contribution < -0.4 is 15.0 Å². The molecule has 0 bridgehead atoms. The van der Waals surface area contributed by atoms with Crippen LogP contribution >= 0.6 is 0 Å². The predicted molar refractivity (Wildman–Crippen MR) is 145 cm³/mol. The van der Waals surface area contributed by atoms with Crippen LogP contribution in [0.2, 0.25) is 0 Å². The SMILES string of the molecule is CC[C@@H]1C[C@H](Nc2ncc(OCCOC)c(Cc3cc(C#N)cc(C(F)(F)F)c3)n2)c2cc(C(F)(F)F)ccc2N1C(=O)O. The average molecular weight is 624 g/mol. The van der Waals surface area contributed by atoms with Crippen LogP contribution in [0.25, 0.3) is 0 Å². The van der Waals surface area contributed by atoms with Crippen molar-refractivity contribution >= 4 is 17.7 Å². The second-order valence-corrected chi connectivity index (χ2v) is 9.97. The Morgan fingerprint density at radius 2 is 1.84 bits per heavy atom. The van der Waals surface area contributed by atoms with Crippen LogP contribution in [-0.2, 0) is 23.5 Å². The summed E-state index contributed by atoms with van der Waals surface area (Å²) in [4.78, 5) is 21.8. The normalized spacial score (nSPS) is 16.7. The molecule has 1 aliphatic heterocycles. The number of fused-ring (bicyclic) bond motifs is 1. The van der Waals surface area contributed by atoms with Crippen molar-refractivity contribution in [3.8, 4) is 11.8 Å². The van der Waals surface area contributed by atoms with Crippen molar-refractivity contribution in [3.63, 3.8) is 0 Å². The highest BCUT2D eigenvalue weighted by Crippen LogP contribution is 2.43. The number of carbonyl (C=O) groups is 1. The molecule has 4 rings (SSSR count). The van der Waals surface area contributed by atoms with Gasteiger partial charge in [0.2, 0.25) is 5.95 Å². The summed E-state index contributed by atoms with van der Waals surface area (Å²) in [6.07, 6.45) is -9.20. The first-order valence-electron chi connectivity index (χ1n) is 13.3. The molecule has 0 unspecified atom stereocenters. The number of amides is 1. The van der Waals surface area contributed by atoms with E-state index in [1.807, 2.05) is 0 Å². The number of nitriles is 1. The summed E-state index contributed by atoms with van der Waals surface area (Å²) in [5.74, 6) is 0.0500. The molecule has 2 N–H and O–H groups in total. The molecule has 234 valence electrons. The topological polar surface area (TPSA) is 121 Å². The van der Waals surface area contributed by atoms with Crippen molar-refractivity contribution in [2.45, 2.75) is 50.6 Å². The van der Waals surface area contributed by atoms with Crippen LogP contribution in [0.5, 0.6) is 5.75 Å². The van der Waals surface area contributed by atoms with E-state index in [1.165, 1.54) is 19.4 Å². The Bertz CT molecular complexity index is 1560. The monoisotopic (exact) mass is 623 g/mol. The summed E-state index contributed by atoms with van der Waals surface area (Å²) < 4.78 is 92.0. The highest BCUT2D eigenvalue weighted by Gasteiger charge is 2.39. The fourth-order valence-corrected chi connectivity index (χ4v) is 5.00. The van der Waals surface area contributed by atoms with Crippen molar-refractivity contribution in [2.24, 2.45) is 0 Å². The highest BCUT2D eigenvalue weighted by molar-refractivity contribution is 5.89. The molecule has 1 amide bonds. The Balaban J connectivity index is 1.75. The Morgan fingerprint density at radius 3 is 2.45 bits per heavy atom. The van der Waals surface area contributed by atoms with E-state index in [0.29, 0.717) is 6.42 Å². The van der Waals surface area contributed by atoms with Crippen molar-refractivity contribution in [1.29, 1.82) is 5.26 Å². The quantitative estimate of drug-likeness (QED) is 0.197.